The molecule has 3 nitrogen and oxygen atoms in total. The molecule has 0 amide bonds. The molecule has 0 saturated heterocycles. The summed E-state index contributed by atoms with van der Waals surface area (Å²) in [7, 11) is 3.93. The molecule has 0 saturated carbocycles. The Morgan fingerprint density at radius 1 is 1.44 bits per heavy atom. The van der Waals surface area contributed by atoms with Crippen molar-refractivity contribution >= 4 is 22.9 Å². The standard InChI is InChI=1S/C13H18ClN3S/c1-8-6-18-7-10(8)11(15-3)5-12-13(14)9(2)16-17(12)4/h6-7,11,15H,5H2,1-4H3. The molecule has 0 radical (unpaired) electrons. The lowest BCUT2D eigenvalue weighted by molar-refractivity contribution is 0.560. The van der Waals surface area contributed by atoms with E-state index in [0.29, 0.717) is 0 Å². The molecule has 0 bridgehead atoms. The monoisotopic (exact) mass is 283 g/mol. The molecule has 0 fully saturated rings. The van der Waals surface area contributed by atoms with Gasteiger partial charge in [-0.25, -0.2) is 0 Å². The lowest BCUT2D eigenvalue weighted by Gasteiger charge is -2.16. The fraction of sp³-hybridized carbons (Fsp3) is 0.462. The number of hydrogen-bond donors (Lipinski definition) is 1. The Balaban J connectivity index is 2.29. The Hall–Kier alpha value is -0.840. The highest BCUT2D eigenvalue weighted by atomic mass is 35.5. The van der Waals surface area contributed by atoms with Crippen LogP contribution in [0.2, 0.25) is 5.02 Å². The van der Waals surface area contributed by atoms with Crippen LogP contribution in [0.3, 0.4) is 0 Å². The van der Waals surface area contributed by atoms with E-state index in [-0.39, 0.29) is 6.04 Å². The van der Waals surface area contributed by atoms with E-state index in [2.05, 4.69) is 28.1 Å². The third-order valence-electron chi connectivity index (χ3n) is 3.28. The summed E-state index contributed by atoms with van der Waals surface area (Å²) in [5, 5.41) is 12.9. The maximum Gasteiger partial charge on any atom is 0.0847 e. The van der Waals surface area contributed by atoms with Gasteiger partial charge in [0, 0.05) is 19.5 Å². The molecule has 0 aliphatic rings. The highest BCUT2D eigenvalue weighted by Gasteiger charge is 2.18. The van der Waals surface area contributed by atoms with Crippen LogP contribution in [0.1, 0.15) is 28.6 Å². The lowest BCUT2D eigenvalue weighted by Crippen LogP contribution is -2.20. The van der Waals surface area contributed by atoms with Crippen molar-refractivity contribution in [2.24, 2.45) is 7.05 Å². The average molecular weight is 284 g/mol. The Labute approximate surface area is 117 Å². The van der Waals surface area contributed by atoms with Gasteiger partial charge in [0.1, 0.15) is 0 Å². The summed E-state index contributed by atoms with van der Waals surface area (Å²) in [6.07, 6.45) is 0.851. The topological polar surface area (TPSA) is 29.9 Å². The molecule has 5 heteroatoms. The molecule has 2 rings (SSSR count). The van der Waals surface area contributed by atoms with Crippen molar-refractivity contribution in [3.8, 4) is 0 Å². The van der Waals surface area contributed by atoms with Crippen molar-refractivity contribution in [2.45, 2.75) is 26.3 Å². The number of likely N-dealkylation sites (N-methyl/N-ethyl adjacent to an activating group) is 1. The third kappa shape index (κ3) is 2.46. The quantitative estimate of drug-likeness (QED) is 0.933. The fourth-order valence-corrected chi connectivity index (χ4v) is 3.33. The van der Waals surface area contributed by atoms with Crippen LogP contribution in [0.25, 0.3) is 0 Å². The van der Waals surface area contributed by atoms with Crippen LogP contribution in [0, 0.1) is 13.8 Å². The summed E-state index contributed by atoms with van der Waals surface area (Å²) in [6.45, 7) is 4.09. The lowest BCUT2D eigenvalue weighted by atomic mass is 10.0. The number of nitrogens with one attached hydrogen (secondary N) is 1. The molecule has 0 aromatic carbocycles. The molecule has 0 aliphatic heterocycles. The summed E-state index contributed by atoms with van der Waals surface area (Å²) in [6, 6.07) is 0.281. The second-order valence-electron chi connectivity index (χ2n) is 4.53. The van der Waals surface area contributed by atoms with Gasteiger partial charge >= 0.3 is 0 Å². The summed E-state index contributed by atoms with van der Waals surface area (Å²) in [5.74, 6) is 0. The zero-order chi connectivity index (χ0) is 13.3. The maximum absolute atomic E-state index is 6.31. The number of aryl methyl sites for hydroxylation is 3. The molecule has 0 spiro atoms. The van der Waals surface area contributed by atoms with Crippen LogP contribution >= 0.6 is 22.9 Å². The summed E-state index contributed by atoms with van der Waals surface area (Å²) in [4.78, 5) is 0. The van der Waals surface area contributed by atoms with Crippen LogP contribution in [0.5, 0.6) is 0 Å². The van der Waals surface area contributed by atoms with Crippen molar-refractivity contribution in [1.82, 2.24) is 15.1 Å². The molecule has 0 aliphatic carbocycles. The minimum absolute atomic E-state index is 0.281. The molecule has 2 aromatic heterocycles. The minimum Gasteiger partial charge on any atom is -0.313 e. The number of nitrogens with zero attached hydrogens (tertiary/aromatic N) is 2. The van der Waals surface area contributed by atoms with Gasteiger partial charge in [-0.05, 0) is 42.8 Å². The van der Waals surface area contributed by atoms with Crippen molar-refractivity contribution in [1.29, 1.82) is 0 Å². The van der Waals surface area contributed by atoms with Crippen molar-refractivity contribution in [3.05, 3.63) is 38.3 Å². The van der Waals surface area contributed by atoms with Gasteiger partial charge in [0.25, 0.3) is 0 Å². The normalized spacial score (nSPS) is 12.9. The van der Waals surface area contributed by atoms with Crippen LogP contribution in [0.15, 0.2) is 10.8 Å². The Morgan fingerprint density at radius 2 is 2.17 bits per heavy atom. The molecule has 1 N–H and O–H groups in total. The van der Waals surface area contributed by atoms with Crippen molar-refractivity contribution in [3.63, 3.8) is 0 Å². The maximum atomic E-state index is 6.31. The van der Waals surface area contributed by atoms with Gasteiger partial charge in [-0.2, -0.15) is 16.4 Å². The Bertz CT molecular complexity index is 544. The van der Waals surface area contributed by atoms with Gasteiger partial charge in [0.05, 0.1) is 16.4 Å². The van der Waals surface area contributed by atoms with Gasteiger partial charge in [0.2, 0.25) is 0 Å². The molecule has 1 unspecified atom stereocenters. The van der Waals surface area contributed by atoms with Gasteiger partial charge in [-0.15, -0.1) is 0 Å². The molecule has 98 valence electrons. The molecule has 18 heavy (non-hydrogen) atoms. The van der Waals surface area contributed by atoms with Gasteiger partial charge in [-0.3, -0.25) is 4.68 Å². The van der Waals surface area contributed by atoms with Crippen LogP contribution in [-0.2, 0) is 13.5 Å². The van der Waals surface area contributed by atoms with E-state index >= 15 is 0 Å². The predicted molar refractivity (Wildman–Crippen MR) is 77.5 cm³/mol. The van der Waals surface area contributed by atoms with Gasteiger partial charge in [-0.1, -0.05) is 11.6 Å². The highest BCUT2D eigenvalue weighted by Crippen LogP contribution is 2.28. The van der Waals surface area contributed by atoms with E-state index in [1.807, 2.05) is 25.7 Å². The average Bonchev–Trinajstić information content (AvgIpc) is 2.84. The molecule has 1 atom stereocenters. The predicted octanol–water partition coefficient (Wildman–Crippen LogP) is 3.26. The van der Waals surface area contributed by atoms with Crippen LogP contribution in [-0.4, -0.2) is 16.8 Å². The van der Waals surface area contributed by atoms with Crippen molar-refractivity contribution in [2.75, 3.05) is 7.05 Å². The zero-order valence-corrected chi connectivity index (χ0v) is 12.7. The van der Waals surface area contributed by atoms with E-state index in [9.17, 15) is 0 Å². The molecule has 2 heterocycles. The first-order valence-corrected chi connectivity index (χ1v) is 7.24. The summed E-state index contributed by atoms with van der Waals surface area (Å²) >= 11 is 8.05. The Morgan fingerprint density at radius 3 is 2.61 bits per heavy atom. The smallest absolute Gasteiger partial charge is 0.0847 e. The first-order chi connectivity index (χ1) is 8.54. The van der Waals surface area contributed by atoms with E-state index in [1.54, 1.807) is 11.3 Å². The first kappa shape index (κ1) is 13.6. The van der Waals surface area contributed by atoms with Gasteiger partial charge in [0.15, 0.2) is 0 Å². The minimum atomic E-state index is 0.281. The molecular formula is C13H18ClN3S. The van der Waals surface area contributed by atoms with Crippen LogP contribution < -0.4 is 5.32 Å². The molecular weight excluding hydrogens is 266 g/mol. The van der Waals surface area contributed by atoms with E-state index in [4.69, 9.17) is 11.6 Å². The summed E-state index contributed by atoms with van der Waals surface area (Å²) in [5.41, 5.74) is 4.65. The van der Waals surface area contributed by atoms with E-state index in [0.717, 1.165) is 22.8 Å². The second kappa shape index (κ2) is 5.43. The second-order valence-corrected chi connectivity index (χ2v) is 5.65. The zero-order valence-electron chi connectivity index (χ0n) is 11.1. The summed E-state index contributed by atoms with van der Waals surface area (Å²) < 4.78 is 1.88. The van der Waals surface area contributed by atoms with Crippen LogP contribution in [0.4, 0.5) is 0 Å². The number of rotatable bonds is 4. The third-order valence-corrected chi connectivity index (χ3v) is 4.65. The van der Waals surface area contributed by atoms with Crippen molar-refractivity contribution < 1.29 is 0 Å². The fourth-order valence-electron chi connectivity index (χ4n) is 2.19. The molecule has 2 aromatic rings. The SMILES string of the molecule is CNC(Cc1c(Cl)c(C)nn1C)c1cscc1C. The van der Waals surface area contributed by atoms with E-state index < -0.39 is 0 Å². The highest BCUT2D eigenvalue weighted by molar-refractivity contribution is 7.08. The number of halogens is 1. The largest absolute Gasteiger partial charge is 0.313 e. The Kier molecular flexibility index (Phi) is 4.10. The number of thiophene rings is 1. The number of hydrogen-bond acceptors (Lipinski definition) is 3. The van der Waals surface area contributed by atoms with Gasteiger partial charge < -0.3 is 5.32 Å². The first-order valence-electron chi connectivity index (χ1n) is 5.92. The van der Waals surface area contributed by atoms with E-state index in [1.165, 1.54) is 11.1 Å². The number of aromatic nitrogens is 2.